The molecule has 1 fully saturated rings. The molecule has 52 valence electrons. The predicted octanol–water partition coefficient (Wildman–Crippen LogP) is 1.71. The molecule has 1 nitrogen and oxygen atoms in total. The van der Waals surface area contributed by atoms with E-state index in [2.05, 4.69) is 19.2 Å². The van der Waals surface area contributed by atoms with Gasteiger partial charge in [0.1, 0.15) is 0 Å². The molecule has 0 aromatic heterocycles. The molecule has 0 aliphatic carbocycles. The predicted molar refractivity (Wildman–Crippen MR) is 40.5 cm³/mol. The van der Waals surface area contributed by atoms with Gasteiger partial charge in [-0.25, -0.2) is 0 Å². The summed E-state index contributed by atoms with van der Waals surface area (Å²) in [6.45, 7) is 6.73. The normalized spacial score (nSPS) is 20.0. The first-order chi connectivity index (χ1) is 4.30. The fraction of sp³-hybridized carbons (Fsp3) is 0.750. The molecule has 1 heterocycles. The van der Waals surface area contributed by atoms with Crippen molar-refractivity contribution in [2.45, 2.75) is 26.7 Å². The van der Waals surface area contributed by atoms with Crippen LogP contribution in [0, 0.1) is 0 Å². The van der Waals surface area contributed by atoms with Crippen molar-refractivity contribution in [1.82, 2.24) is 5.32 Å². The Labute approximate surface area is 57.1 Å². The van der Waals surface area contributed by atoms with E-state index in [1.54, 1.807) is 5.57 Å². The first kappa shape index (κ1) is 6.81. The third-order valence-electron chi connectivity index (χ3n) is 1.88. The number of nitrogens with one attached hydrogen (secondary N) is 1. The molecule has 1 aliphatic rings. The molecular weight excluding hydrogens is 110 g/mol. The van der Waals surface area contributed by atoms with Crippen LogP contribution in [0.3, 0.4) is 0 Å². The topological polar surface area (TPSA) is 12.0 Å². The van der Waals surface area contributed by atoms with Gasteiger partial charge in [-0.2, -0.15) is 0 Å². The van der Waals surface area contributed by atoms with Gasteiger partial charge in [0.15, 0.2) is 0 Å². The Hall–Kier alpha value is -0.300. The van der Waals surface area contributed by atoms with Crippen molar-refractivity contribution < 1.29 is 0 Å². The smallest absolute Gasteiger partial charge is 0.0167 e. The van der Waals surface area contributed by atoms with Gasteiger partial charge >= 0.3 is 0 Å². The summed E-state index contributed by atoms with van der Waals surface area (Å²) in [6, 6.07) is 0. The fourth-order valence-electron chi connectivity index (χ4n) is 1.18. The summed E-state index contributed by atoms with van der Waals surface area (Å²) >= 11 is 0. The summed E-state index contributed by atoms with van der Waals surface area (Å²) in [5.41, 5.74) is 3.11. The van der Waals surface area contributed by atoms with Gasteiger partial charge in [0.2, 0.25) is 0 Å². The number of hydrogen-bond donors (Lipinski definition) is 1. The average molecular weight is 125 g/mol. The van der Waals surface area contributed by atoms with Crippen LogP contribution in [0.25, 0.3) is 0 Å². The van der Waals surface area contributed by atoms with Crippen molar-refractivity contribution in [3.63, 3.8) is 0 Å². The molecule has 0 amide bonds. The van der Waals surface area contributed by atoms with Crippen molar-refractivity contribution in [1.29, 1.82) is 0 Å². The highest BCUT2D eigenvalue weighted by Gasteiger charge is 2.04. The van der Waals surface area contributed by atoms with E-state index in [9.17, 15) is 0 Å². The Bertz CT molecular complexity index is 113. The van der Waals surface area contributed by atoms with Crippen LogP contribution < -0.4 is 5.32 Å². The second kappa shape index (κ2) is 3.02. The van der Waals surface area contributed by atoms with Crippen molar-refractivity contribution >= 4 is 0 Å². The van der Waals surface area contributed by atoms with Crippen molar-refractivity contribution in [2.24, 2.45) is 0 Å². The maximum atomic E-state index is 3.36. The summed E-state index contributed by atoms with van der Waals surface area (Å²) < 4.78 is 0. The summed E-state index contributed by atoms with van der Waals surface area (Å²) in [6.07, 6.45) is 2.63. The van der Waals surface area contributed by atoms with E-state index in [1.807, 2.05) is 0 Å². The van der Waals surface area contributed by atoms with E-state index in [1.165, 1.54) is 25.0 Å². The molecule has 1 saturated heterocycles. The van der Waals surface area contributed by atoms with E-state index >= 15 is 0 Å². The molecule has 1 aliphatic heterocycles. The third kappa shape index (κ3) is 1.83. The Balaban J connectivity index is 2.49. The minimum absolute atomic E-state index is 1.13. The van der Waals surface area contributed by atoms with Gasteiger partial charge in [-0.05, 0) is 33.2 Å². The first-order valence-corrected chi connectivity index (χ1v) is 3.66. The lowest BCUT2D eigenvalue weighted by molar-refractivity contribution is 0.604. The van der Waals surface area contributed by atoms with Crippen LogP contribution in [-0.4, -0.2) is 13.1 Å². The quantitative estimate of drug-likeness (QED) is 0.486. The molecule has 0 unspecified atom stereocenters. The van der Waals surface area contributed by atoms with Gasteiger partial charge in [0.05, 0.1) is 0 Å². The zero-order chi connectivity index (χ0) is 6.69. The summed E-state index contributed by atoms with van der Waals surface area (Å²) in [7, 11) is 0. The van der Waals surface area contributed by atoms with Crippen molar-refractivity contribution in [3.05, 3.63) is 11.1 Å². The lowest BCUT2D eigenvalue weighted by Crippen LogP contribution is -2.24. The molecule has 0 aromatic carbocycles. The molecule has 0 saturated carbocycles. The minimum Gasteiger partial charge on any atom is -0.313 e. The summed E-state index contributed by atoms with van der Waals surface area (Å²) in [4.78, 5) is 0. The number of hydrogen-bond acceptors (Lipinski definition) is 1. The Morgan fingerprint density at radius 3 is 2.56 bits per heavy atom. The average Bonchev–Trinajstić information content (AvgIpc) is 1.90. The van der Waals surface area contributed by atoms with Crippen LogP contribution in [0.1, 0.15) is 26.7 Å². The van der Waals surface area contributed by atoms with Gasteiger partial charge < -0.3 is 5.32 Å². The Kier molecular flexibility index (Phi) is 2.29. The molecule has 1 rings (SSSR count). The molecule has 0 bridgehead atoms. The second-order valence-corrected chi connectivity index (χ2v) is 2.88. The zero-order valence-electron chi connectivity index (χ0n) is 6.33. The van der Waals surface area contributed by atoms with Gasteiger partial charge in [-0.1, -0.05) is 11.1 Å². The van der Waals surface area contributed by atoms with Gasteiger partial charge in [-0.3, -0.25) is 0 Å². The van der Waals surface area contributed by atoms with Crippen LogP contribution >= 0.6 is 0 Å². The Morgan fingerprint density at radius 2 is 2.22 bits per heavy atom. The van der Waals surface area contributed by atoms with Crippen LogP contribution in [0.4, 0.5) is 0 Å². The Morgan fingerprint density at radius 1 is 1.44 bits per heavy atom. The van der Waals surface area contributed by atoms with Crippen LogP contribution in [-0.2, 0) is 0 Å². The summed E-state index contributed by atoms with van der Waals surface area (Å²) in [5.74, 6) is 0. The number of allylic oxidation sites excluding steroid dienone is 1. The lowest BCUT2D eigenvalue weighted by atomic mass is 10.0. The molecular formula is C8H15N. The fourth-order valence-corrected chi connectivity index (χ4v) is 1.18. The number of piperidine rings is 1. The molecule has 1 N–H and O–H groups in total. The van der Waals surface area contributed by atoms with Crippen LogP contribution in [0.5, 0.6) is 0 Å². The molecule has 0 atom stereocenters. The van der Waals surface area contributed by atoms with Crippen LogP contribution in [0.2, 0.25) is 0 Å². The van der Waals surface area contributed by atoms with E-state index in [0.717, 1.165) is 6.54 Å². The highest BCUT2D eigenvalue weighted by Crippen LogP contribution is 2.12. The van der Waals surface area contributed by atoms with Gasteiger partial charge in [0.25, 0.3) is 0 Å². The third-order valence-corrected chi connectivity index (χ3v) is 1.88. The van der Waals surface area contributed by atoms with Crippen LogP contribution in [0.15, 0.2) is 11.1 Å². The van der Waals surface area contributed by atoms with E-state index in [4.69, 9.17) is 0 Å². The highest BCUT2D eigenvalue weighted by atomic mass is 14.9. The van der Waals surface area contributed by atoms with E-state index < -0.39 is 0 Å². The molecule has 0 aromatic rings. The molecule has 0 spiro atoms. The van der Waals surface area contributed by atoms with Gasteiger partial charge in [-0.15, -0.1) is 0 Å². The van der Waals surface area contributed by atoms with Crippen molar-refractivity contribution in [3.8, 4) is 0 Å². The van der Waals surface area contributed by atoms with Crippen molar-refractivity contribution in [2.75, 3.05) is 13.1 Å². The van der Waals surface area contributed by atoms with Gasteiger partial charge in [0, 0.05) is 6.54 Å². The first-order valence-electron chi connectivity index (χ1n) is 3.66. The molecule has 0 radical (unpaired) electrons. The maximum Gasteiger partial charge on any atom is 0.0167 e. The molecule has 1 heteroatoms. The maximum absolute atomic E-state index is 3.36. The standard InChI is InChI=1S/C8H15N/c1-7(2)8-4-3-5-9-6-8/h9H,3-6H2,1-2H3. The SMILES string of the molecule is CC(C)=C1CCCNC1. The zero-order valence-corrected chi connectivity index (χ0v) is 6.33. The minimum atomic E-state index is 1.13. The lowest BCUT2D eigenvalue weighted by Gasteiger charge is -2.16. The molecule has 9 heavy (non-hydrogen) atoms. The number of rotatable bonds is 0. The monoisotopic (exact) mass is 125 g/mol. The van der Waals surface area contributed by atoms with E-state index in [-0.39, 0.29) is 0 Å². The second-order valence-electron chi connectivity index (χ2n) is 2.88. The largest absolute Gasteiger partial charge is 0.313 e. The van der Waals surface area contributed by atoms with E-state index in [0.29, 0.717) is 0 Å². The highest BCUT2D eigenvalue weighted by molar-refractivity contribution is 5.12. The summed E-state index contributed by atoms with van der Waals surface area (Å²) in [5, 5.41) is 3.36.